The van der Waals surface area contributed by atoms with Gasteiger partial charge in [0.1, 0.15) is 24.2 Å². The normalized spacial score (nSPS) is 22.3. The van der Waals surface area contributed by atoms with Gasteiger partial charge in [-0.25, -0.2) is 0 Å². The molecule has 1 aliphatic carbocycles. The van der Waals surface area contributed by atoms with Crippen LogP contribution in [0.3, 0.4) is 0 Å². The molecule has 2 aliphatic rings. The molecule has 11 heteroatoms. The Labute approximate surface area is 353 Å². The lowest BCUT2D eigenvalue weighted by atomic mass is 9.82. The molecule has 0 amide bonds. The highest BCUT2D eigenvalue weighted by molar-refractivity contribution is 5.91. The molecule has 2 rings (SSSR count). The molecule has 0 aromatic heterocycles. The first kappa shape index (κ1) is 51.7. The third kappa shape index (κ3) is 18.8. The fourth-order valence-corrected chi connectivity index (χ4v) is 7.42. The van der Waals surface area contributed by atoms with Crippen molar-refractivity contribution in [3.63, 3.8) is 0 Å². The summed E-state index contributed by atoms with van der Waals surface area (Å²) in [6.07, 6.45) is 23.2. The number of ether oxygens (including phenoxy) is 4. The Morgan fingerprint density at radius 1 is 0.949 bits per heavy atom. The molecule has 1 fully saturated rings. The van der Waals surface area contributed by atoms with Gasteiger partial charge in [-0.1, -0.05) is 68.9 Å². The van der Waals surface area contributed by atoms with Crippen LogP contribution in [0, 0.1) is 29.1 Å². The lowest BCUT2D eigenvalue weighted by Crippen LogP contribution is -2.40. The number of carbonyl (C=O) groups is 4. The van der Waals surface area contributed by atoms with Crippen LogP contribution in [0.25, 0.3) is 0 Å². The third-order valence-electron chi connectivity index (χ3n) is 11.7. The second kappa shape index (κ2) is 27.4. The average Bonchev–Trinajstić information content (AvgIpc) is 3.23. The average molecular weight is 827 g/mol. The van der Waals surface area contributed by atoms with Crippen molar-refractivity contribution in [2.45, 2.75) is 144 Å². The molecule has 11 nitrogen and oxygen atoms in total. The van der Waals surface area contributed by atoms with E-state index in [1.807, 2.05) is 38.2 Å². The van der Waals surface area contributed by atoms with Crippen LogP contribution in [-0.2, 0) is 38.1 Å². The third-order valence-corrected chi connectivity index (χ3v) is 11.7. The SMILES string of the molecule is CO[C@@H](C(=O)[C@H](C)C[C@H](C)/C=C/C=C/C=C(\C)CC[C@@H]1CCC(C)=C(C=O)O1)[C@H](O)/C(C)=C/CC(=O)/C=C/[C@H](C)CC1CCC(OCCOC(=O)C(C)(CO)CO)CC1. The van der Waals surface area contributed by atoms with Gasteiger partial charge in [-0.2, -0.15) is 0 Å². The standard InChI is InChI=1S/C48H74O11/c1-33(15-22-42-23-17-36(4)43(30-49)59-42)12-10-9-11-13-34(2)28-38(6)45(54)46(56-8)44(53)37(5)16-21-40(52)20-14-35(3)29-39-18-24-41(25-19-39)57-26-27-58-47(55)48(7,31-50)32-51/h9-14,16,20,30,34-35,38-39,41-42,44,46,50-51,53H,15,17-19,21-29,31-32H2,1-8H3/b10-9+,13-11+,20-14+,33-12+,37-16+/t34-,35+,38-,39?,41?,42-,44-,46-/m1/s1. The highest BCUT2D eigenvalue weighted by Gasteiger charge is 2.34. The minimum absolute atomic E-state index is 0.0717. The maximum atomic E-state index is 13.4. The molecule has 332 valence electrons. The van der Waals surface area contributed by atoms with Crippen LogP contribution >= 0.6 is 0 Å². The van der Waals surface area contributed by atoms with Crippen LogP contribution in [-0.4, -0.2) is 97.1 Å². The van der Waals surface area contributed by atoms with E-state index in [4.69, 9.17) is 18.9 Å². The summed E-state index contributed by atoms with van der Waals surface area (Å²) in [7, 11) is 1.42. The largest absolute Gasteiger partial charge is 0.487 e. The van der Waals surface area contributed by atoms with E-state index < -0.39 is 36.8 Å². The molecular formula is C48H74O11. The highest BCUT2D eigenvalue weighted by Crippen LogP contribution is 2.31. The van der Waals surface area contributed by atoms with Gasteiger partial charge in [0.25, 0.3) is 0 Å². The monoisotopic (exact) mass is 827 g/mol. The van der Waals surface area contributed by atoms with Crippen molar-refractivity contribution >= 4 is 23.8 Å². The van der Waals surface area contributed by atoms with Crippen molar-refractivity contribution in [2.75, 3.05) is 33.5 Å². The number of aldehydes is 1. The van der Waals surface area contributed by atoms with E-state index >= 15 is 0 Å². The molecule has 0 aromatic carbocycles. The summed E-state index contributed by atoms with van der Waals surface area (Å²) in [5, 5.41) is 29.7. The summed E-state index contributed by atoms with van der Waals surface area (Å²) in [6, 6.07) is 0. The quantitative estimate of drug-likeness (QED) is 0.0186. The fraction of sp³-hybridized carbons (Fsp3) is 0.667. The summed E-state index contributed by atoms with van der Waals surface area (Å²) < 4.78 is 22.3. The summed E-state index contributed by atoms with van der Waals surface area (Å²) >= 11 is 0. The van der Waals surface area contributed by atoms with Crippen molar-refractivity contribution in [2.24, 2.45) is 29.1 Å². The summed E-state index contributed by atoms with van der Waals surface area (Å²) in [5.41, 5.74) is 1.46. The zero-order valence-electron chi connectivity index (χ0n) is 37.0. The second-order valence-corrected chi connectivity index (χ2v) is 17.2. The zero-order valence-corrected chi connectivity index (χ0v) is 37.0. The number of ketones is 2. The van der Waals surface area contributed by atoms with Crippen molar-refractivity contribution in [3.8, 4) is 0 Å². The van der Waals surface area contributed by atoms with Crippen LogP contribution in [0.4, 0.5) is 0 Å². The molecule has 0 unspecified atom stereocenters. The molecule has 0 bridgehead atoms. The molecule has 0 saturated heterocycles. The molecule has 3 N–H and O–H groups in total. The fourth-order valence-electron chi connectivity index (χ4n) is 7.42. The first-order valence-electron chi connectivity index (χ1n) is 21.5. The summed E-state index contributed by atoms with van der Waals surface area (Å²) in [4.78, 5) is 49.3. The van der Waals surface area contributed by atoms with Gasteiger partial charge in [0, 0.05) is 19.4 Å². The second-order valence-electron chi connectivity index (χ2n) is 17.2. The van der Waals surface area contributed by atoms with Crippen molar-refractivity contribution in [3.05, 3.63) is 71.1 Å². The first-order valence-corrected chi connectivity index (χ1v) is 21.5. The number of carbonyl (C=O) groups excluding carboxylic acids is 4. The smallest absolute Gasteiger partial charge is 0.316 e. The van der Waals surface area contributed by atoms with Gasteiger partial charge < -0.3 is 34.3 Å². The Hall–Kier alpha value is -3.48. The summed E-state index contributed by atoms with van der Waals surface area (Å²) in [5.74, 6) is 0.101. The molecule has 1 saturated carbocycles. The van der Waals surface area contributed by atoms with E-state index in [2.05, 4.69) is 32.9 Å². The van der Waals surface area contributed by atoms with Gasteiger partial charge in [-0.05, 0) is 127 Å². The molecular weight excluding hydrogens is 753 g/mol. The maximum Gasteiger partial charge on any atom is 0.316 e. The van der Waals surface area contributed by atoms with E-state index in [1.54, 1.807) is 19.1 Å². The van der Waals surface area contributed by atoms with Crippen LogP contribution in [0.2, 0.25) is 0 Å². The number of allylic oxidation sites excluding steroid dienone is 11. The van der Waals surface area contributed by atoms with Gasteiger partial charge >= 0.3 is 5.97 Å². The van der Waals surface area contributed by atoms with Gasteiger partial charge in [0.15, 0.2) is 23.6 Å². The minimum atomic E-state index is -1.31. The Morgan fingerprint density at radius 2 is 1.64 bits per heavy atom. The van der Waals surface area contributed by atoms with Gasteiger partial charge in [-0.15, -0.1) is 0 Å². The minimum Gasteiger partial charge on any atom is -0.487 e. The number of Topliss-reactive ketones (excluding diaryl/α,β-unsaturated/α-hetero) is 1. The lowest BCUT2D eigenvalue weighted by Gasteiger charge is -2.29. The number of methoxy groups -OCH3 is 1. The predicted molar refractivity (Wildman–Crippen MR) is 230 cm³/mol. The molecule has 0 aromatic rings. The van der Waals surface area contributed by atoms with E-state index in [-0.39, 0.29) is 61.2 Å². The highest BCUT2D eigenvalue weighted by atomic mass is 16.6. The van der Waals surface area contributed by atoms with Crippen LogP contribution < -0.4 is 0 Å². The van der Waals surface area contributed by atoms with Crippen molar-refractivity contribution in [1.29, 1.82) is 0 Å². The Bertz CT molecular complexity index is 1510. The predicted octanol–water partition coefficient (Wildman–Crippen LogP) is 7.68. The molecule has 59 heavy (non-hydrogen) atoms. The summed E-state index contributed by atoms with van der Waals surface area (Å²) in [6.45, 7) is 12.6. The Kier molecular flexibility index (Phi) is 24.0. The molecule has 1 heterocycles. The van der Waals surface area contributed by atoms with Gasteiger partial charge in [0.2, 0.25) is 0 Å². The van der Waals surface area contributed by atoms with Crippen LogP contribution in [0.1, 0.15) is 119 Å². The zero-order chi connectivity index (χ0) is 44.0. The topological polar surface area (TPSA) is 166 Å². The molecule has 0 spiro atoms. The Morgan fingerprint density at radius 3 is 2.29 bits per heavy atom. The number of aliphatic hydroxyl groups excluding tert-OH is 3. The lowest BCUT2D eigenvalue weighted by molar-refractivity contribution is -0.162. The van der Waals surface area contributed by atoms with Gasteiger partial charge in [-0.3, -0.25) is 19.2 Å². The van der Waals surface area contributed by atoms with Crippen molar-refractivity contribution < 1.29 is 53.4 Å². The van der Waals surface area contributed by atoms with E-state index in [0.717, 1.165) is 69.6 Å². The number of hydrogen-bond acceptors (Lipinski definition) is 11. The molecule has 1 aliphatic heterocycles. The Balaban J connectivity index is 1.71. The van der Waals surface area contributed by atoms with Crippen LogP contribution in [0.15, 0.2) is 71.1 Å². The van der Waals surface area contributed by atoms with Crippen LogP contribution in [0.5, 0.6) is 0 Å². The van der Waals surface area contributed by atoms with Crippen molar-refractivity contribution in [1.82, 2.24) is 0 Å². The van der Waals surface area contributed by atoms with E-state index in [0.29, 0.717) is 23.7 Å². The number of esters is 1. The van der Waals surface area contributed by atoms with E-state index in [1.165, 1.54) is 19.6 Å². The van der Waals surface area contributed by atoms with E-state index in [9.17, 15) is 34.5 Å². The van der Waals surface area contributed by atoms with Gasteiger partial charge in [0.05, 0.1) is 32.0 Å². The molecule has 6 atom stereocenters. The number of rotatable bonds is 27. The molecule has 0 radical (unpaired) electrons. The number of hydrogen-bond donors (Lipinski definition) is 3. The number of aliphatic hydroxyl groups is 3. The first-order chi connectivity index (χ1) is 28.1. The maximum absolute atomic E-state index is 13.4.